The van der Waals surface area contributed by atoms with E-state index in [1.54, 1.807) is 0 Å². The zero-order valence-corrected chi connectivity index (χ0v) is 12.4. The zero-order valence-electron chi connectivity index (χ0n) is 12.4. The molecule has 2 amide bonds. The van der Waals surface area contributed by atoms with Crippen LogP contribution in [-0.2, 0) is 14.3 Å². The highest BCUT2D eigenvalue weighted by atomic mass is 19.4. The van der Waals surface area contributed by atoms with Gasteiger partial charge in [0.05, 0.1) is 19.1 Å². The zero-order chi connectivity index (χ0) is 16.2. The van der Waals surface area contributed by atoms with E-state index >= 15 is 0 Å². The van der Waals surface area contributed by atoms with Crippen molar-refractivity contribution in [2.45, 2.75) is 45.0 Å². The van der Waals surface area contributed by atoms with E-state index in [-0.39, 0.29) is 38.0 Å². The van der Waals surface area contributed by atoms with E-state index in [1.165, 1.54) is 11.9 Å². The molecule has 0 aromatic carbocycles. The third kappa shape index (κ3) is 5.53. The first kappa shape index (κ1) is 17.7. The van der Waals surface area contributed by atoms with Crippen LogP contribution in [0.5, 0.6) is 0 Å². The molecular weight excluding hydrogens is 289 g/mol. The van der Waals surface area contributed by atoms with Gasteiger partial charge in [-0.15, -0.1) is 0 Å². The number of alkyl halides is 3. The second-order valence-corrected chi connectivity index (χ2v) is 5.35. The molecule has 0 aliphatic carbocycles. The first-order valence-corrected chi connectivity index (χ1v) is 6.84. The lowest BCUT2D eigenvalue weighted by molar-refractivity contribution is -0.159. The smallest absolute Gasteiger partial charge is 0.378 e. The van der Waals surface area contributed by atoms with Crippen LogP contribution < -0.4 is 0 Å². The molecule has 1 aliphatic rings. The van der Waals surface area contributed by atoms with Gasteiger partial charge in [0.25, 0.3) is 0 Å². The molecule has 0 aromatic rings. The number of halogens is 3. The first-order chi connectivity index (χ1) is 9.61. The fraction of sp³-hybridized carbons (Fsp3) is 0.846. The van der Waals surface area contributed by atoms with E-state index in [0.29, 0.717) is 0 Å². The van der Waals surface area contributed by atoms with Gasteiger partial charge >= 0.3 is 6.18 Å². The van der Waals surface area contributed by atoms with Gasteiger partial charge in [0.15, 0.2) is 0 Å². The van der Waals surface area contributed by atoms with Crippen LogP contribution in [0.3, 0.4) is 0 Å². The summed E-state index contributed by atoms with van der Waals surface area (Å²) in [5.41, 5.74) is 0. The number of rotatable bonds is 6. The Morgan fingerprint density at radius 2 is 2.10 bits per heavy atom. The minimum atomic E-state index is -4.42. The third-order valence-corrected chi connectivity index (χ3v) is 3.27. The predicted molar refractivity (Wildman–Crippen MR) is 69.5 cm³/mol. The molecule has 21 heavy (non-hydrogen) atoms. The molecule has 0 bridgehead atoms. The molecule has 5 nitrogen and oxygen atoms in total. The van der Waals surface area contributed by atoms with Crippen molar-refractivity contribution in [1.82, 2.24) is 9.80 Å². The molecule has 1 saturated heterocycles. The van der Waals surface area contributed by atoms with E-state index in [0.717, 1.165) is 4.90 Å². The Bertz CT molecular complexity index is 385. The minimum absolute atomic E-state index is 0.00139. The molecule has 0 radical (unpaired) electrons. The monoisotopic (exact) mass is 310 g/mol. The van der Waals surface area contributed by atoms with Crippen molar-refractivity contribution >= 4 is 11.8 Å². The molecular formula is C13H21F3N2O3. The van der Waals surface area contributed by atoms with E-state index in [1.807, 2.05) is 13.8 Å². The molecule has 0 spiro atoms. The second-order valence-electron chi connectivity index (χ2n) is 5.35. The molecule has 0 saturated carbocycles. The average molecular weight is 310 g/mol. The fourth-order valence-corrected chi connectivity index (χ4v) is 2.19. The Morgan fingerprint density at radius 1 is 1.48 bits per heavy atom. The Balaban J connectivity index is 2.50. The molecule has 0 unspecified atom stereocenters. The number of amides is 2. The lowest BCUT2D eigenvalue weighted by Gasteiger charge is -2.24. The highest BCUT2D eigenvalue weighted by Gasteiger charge is 2.41. The van der Waals surface area contributed by atoms with Crippen LogP contribution in [0.2, 0.25) is 0 Å². The van der Waals surface area contributed by atoms with Gasteiger partial charge in [-0.3, -0.25) is 9.59 Å². The van der Waals surface area contributed by atoms with Crippen molar-refractivity contribution in [2.24, 2.45) is 0 Å². The summed E-state index contributed by atoms with van der Waals surface area (Å²) in [6.45, 7) is 2.66. The van der Waals surface area contributed by atoms with Gasteiger partial charge in [0, 0.05) is 13.6 Å². The first-order valence-electron chi connectivity index (χ1n) is 6.84. The molecule has 8 heteroatoms. The summed E-state index contributed by atoms with van der Waals surface area (Å²) in [6.07, 6.45) is -4.09. The van der Waals surface area contributed by atoms with Gasteiger partial charge in [-0.05, 0) is 20.3 Å². The van der Waals surface area contributed by atoms with Gasteiger partial charge in [-0.25, -0.2) is 0 Å². The van der Waals surface area contributed by atoms with Crippen LogP contribution in [0, 0.1) is 0 Å². The van der Waals surface area contributed by atoms with Crippen LogP contribution in [0.1, 0.15) is 26.7 Å². The maximum absolute atomic E-state index is 12.3. The summed E-state index contributed by atoms with van der Waals surface area (Å²) < 4.78 is 42.2. The average Bonchev–Trinajstić information content (AvgIpc) is 2.67. The molecule has 122 valence electrons. The highest BCUT2D eigenvalue weighted by Crippen LogP contribution is 2.23. The molecule has 1 fully saturated rings. The van der Waals surface area contributed by atoms with Crippen molar-refractivity contribution in [1.29, 1.82) is 0 Å². The van der Waals surface area contributed by atoms with Crippen LogP contribution in [0.15, 0.2) is 0 Å². The topological polar surface area (TPSA) is 49.9 Å². The van der Waals surface area contributed by atoms with Crippen molar-refractivity contribution in [2.75, 3.05) is 26.7 Å². The van der Waals surface area contributed by atoms with Crippen LogP contribution in [-0.4, -0.2) is 66.7 Å². The summed E-state index contributed by atoms with van der Waals surface area (Å²) in [5, 5.41) is 0. The van der Waals surface area contributed by atoms with Crippen LogP contribution in [0.25, 0.3) is 0 Å². The Morgan fingerprint density at radius 3 is 2.62 bits per heavy atom. The summed E-state index contributed by atoms with van der Waals surface area (Å²) in [5.74, 6) is -0.948. The SMILES string of the molecule is CC(C)OCCC(=O)N(C)[C@H]1CCN(CC(F)(F)F)C1=O. The molecule has 0 aromatic heterocycles. The summed E-state index contributed by atoms with van der Waals surface area (Å²) in [6, 6.07) is -0.807. The van der Waals surface area contributed by atoms with E-state index in [2.05, 4.69) is 0 Å². The molecule has 1 heterocycles. The quantitative estimate of drug-likeness (QED) is 0.745. The maximum atomic E-state index is 12.3. The number of nitrogens with zero attached hydrogens (tertiary/aromatic N) is 2. The fourth-order valence-electron chi connectivity index (χ4n) is 2.19. The number of ether oxygens (including phenoxy) is 1. The largest absolute Gasteiger partial charge is 0.406 e. The summed E-state index contributed by atoms with van der Waals surface area (Å²) in [4.78, 5) is 25.8. The third-order valence-electron chi connectivity index (χ3n) is 3.27. The van der Waals surface area contributed by atoms with E-state index < -0.39 is 24.7 Å². The Hall–Kier alpha value is -1.31. The van der Waals surface area contributed by atoms with Crippen LogP contribution in [0.4, 0.5) is 13.2 Å². The van der Waals surface area contributed by atoms with E-state index in [4.69, 9.17) is 4.74 Å². The molecule has 1 rings (SSSR count). The number of carbonyl (C=O) groups is 2. The van der Waals surface area contributed by atoms with Crippen molar-refractivity contribution in [3.8, 4) is 0 Å². The summed E-state index contributed by atoms with van der Waals surface area (Å²) >= 11 is 0. The van der Waals surface area contributed by atoms with Gasteiger partial charge in [-0.1, -0.05) is 0 Å². The predicted octanol–water partition coefficient (Wildman–Crippen LogP) is 1.42. The van der Waals surface area contributed by atoms with Gasteiger partial charge in [-0.2, -0.15) is 13.2 Å². The van der Waals surface area contributed by atoms with Crippen LogP contribution >= 0.6 is 0 Å². The van der Waals surface area contributed by atoms with Crippen molar-refractivity contribution in [3.63, 3.8) is 0 Å². The molecule has 1 aliphatic heterocycles. The second kappa shape index (κ2) is 7.11. The standard InChI is InChI=1S/C13H21F3N2O3/c1-9(2)21-7-5-11(19)17(3)10-4-6-18(12(10)20)8-13(14,15)16/h9-10H,4-8H2,1-3H3/t10-/m0/s1. The minimum Gasteiger partial charge on any atom is -0.378 e. The van der Waals surface area contributed by atoms with Gasteiger partial charge in [0.1, 0.15) is 12.6 Å². The van der Waals surface area contributed by atoms with Gasteiger partial charge in [0.2, 0.25) is 11.8 Å². The number of hydrogen-bond acceptors (Lipinski definition) is 3. The van der Waals surface area contributed by atoms with Crippen molar-refractivity contribution in [3.05, 3.63) is 0 Å². The number of likely N-dealkylation sites (tertiary alicyclic amines) is 1. The number of carbonyl (C=O) groups excluding carboxylic acids is 2. The lowest BCUT2D eigenvalue weighted by Crippen LogP contribution is -2.45. The highest BCUT2D eigenvalue weighted by molar-refractivity contribution is 5.89. The molecule has 1 atom stereocenters. The Labute approximate surface area is 122 Å². The molecule has 0 N–H and O–H groups in total. The van der Waals surface area contributed by atoms with Gasteiger partial charge < -0.3 is 14.5 Å². The lowest BCUT2D eigenvalue weighted by atomic mass is 10.2. The summed E-state index contributed by atoms with van der Waals surface area (Å²) in [7, 11) is 1.44. The van der Waals surface area contributed by atoms with Crippen molar-refractivity contribution < 1.29 is 27.5 Å². The normalized spacial score (nSPS) is 19.5. The number of likely N-dealkylation sites (N-methyl/N-ethyl adjacent to an activating group) is 1. The Kier molecular flexibility index (Phi) is 6.00. The maximum Gasteiger partial charge on any atom is 0.406 e. The number of hydrogen-bond donors (Lipinski definition) is 0. The van der Waals surface area contributed by atoms with E-state index in [9.17, 15) is 22.8 Å².